The van der Waals surface area contributed by atoms with Crippen LogP contribution in [0.1, 0.15) is 34.1 Å². The highest BCUT2D eigenvalue weighted by atomic mass is 16.2. The summed E-state index contributed by atoms with van der Waals surface area (Å²) in [5, 5.41) is 2.79. The second-order valence-electron chi connectivity index (χ2n) is 3.94. The fraction of sp³-hybridized carbons (Fsp3) is 0.727. The first-order chi connectivity index (χ1) is 6.49. The number of nitrogens with one attached hydrogen (secondary N) is 1. The van der Waals surface area contributed by atoms with Crippen LogP contribution in [0.3, 0.4) is 0 Å². The molecule has 82 valence electrons. The molecule has 0 aromatic heterocycles. The van der Waals surface area contributed by atoms with Gasteiger partial charge < -0.3 is 11.1 Å². The number of hydrogen-bond donors (Lipinski definition) is 2. The fourth-order valence-electron chi connectivity index (χ4n) is 0.986. The molecule has 0 aromatic carbocycles. The average Bonchev–Trinajstić information content (AvgIpc) is 2.14. The van der Waals surface area contributed by atoms with E-state index in [1.165, 1.54) is 5.57 Å². The lowest BCUT2D eigenvalue weighted by atomic mass is 9.99. The number of hydrogen-bond acceptors (Lipinski definition) is 2. The van der Waals surface area contributed by atoms with Crippen molar-refractivity contribution in [1.29, 1.82) is 0 Å². The molecule has 0 spiro atoms. The van der Waals surface area contributed by atoms with Gasteiger partial charge in [-0.2, -0.15) is 0 Å². The Labute approximate surface area is 86.8 Å². The van der Waals surface area contributed by atoms with Crippen LogP contribution in [-0.2, 0) is 4.79 Å². The molecule has 0 rings (SSSR count). The van der Waals surface area contributed by atoms with E-state index >= 15 is 0 Å². The van der Waals surface area contributed by atoms with Crippen LogP contribution in [0.2, 0.25) is 0 Å². The van der Waals surface area contributed by atoms with Crippen molar-refractivity contribution in [3.8, 4) is 0 Å². The number of carbonyl (C=O) groups is 1. The Balaban J connectivity index is 3.90. The average molecular weight is 198 g/mol. The summed E-state index contributed by atoms with van der Waals surface area (Å²) >= 11 is 0. The molecule has 0 radical (unpaired) electrons. The summed E-state index contributed by atoms with van der Waals surface area (Å²) in [5.41, 5.74) is 6.95. The van der Waals surface area contributed by atoms with Gasteiger partial charge in [0.25, 0.3) is 0 Å². The van der Waals surface area contributed by atoms with Crippen molar-refractivity contribution < 1.29 is 4.79 Å². The van der Waals surface area contributed by atoms with Crippen molar-refractivity contribution in [3.05, 3.63) is 11.6 Å². The lowest BCUT2D eigenvalue weighted by Gasteiger charge is -2.17. The van der Waals surface area contributed by atoms with E-state index in [4.69, 9.17) is 5.73 Å². The Bertz CT molecular complexity index is 207. The maximum atomic E-state index is 11.5. The normalized spacial score (nSPS) is 14.4. The molecule has 0 aliphatic heterocycles. The largest absolute Gasteiger partial charge is 0.351 e. The first-order valence-electron chi connectivity index (χ1n) is 5.15. The Kier molecular flexibility index (Phi) is 6.21. The van der Waals surface area contributed by atoms with Gasteiger partial charge in [-0.3, -0.25) is 4.79 Å². The highest BCUT2D eigenvalue weighted by Crippen LogP contribution is 2.04. The molecule has 0 fully saturated rings. The second kappa shape index (κ2) is 6.60. The third-order valence-corrected chi connectivity index (χ3v) is 2.35. The van der Waals surface area contributed by atoms with Gasteiger partial charge in [0.15, 0.2) is 0 Å². The van der Waals surface area contributed by atoms with Crippen molar-refractivity contribution in [1.82, 2.24) is 5.32 Å². The van der Waals surface area contributed by atoms with Gasteiger partial charge in [0.2, 0.25) is 5.91 Å². The van der Waals surface area contributed by atoms with E-state index in [9.17, 15) is 4.79 Å². The van der Waals surface area contributed by atoms with E-state index in [1.807, 2.05) is 33.8 Å². The van der Waals surface area contributed by atoms with Gasteiger partial charge in [-0.15, -0.1) is 0 Å². The molecular formula is C11H22N2O. The zero-order valence-corrected chi connectivity index (χ0v) is 9.63. The highest BCUT2D eigenvalue weighted by molar-refractivity contribution is 5.81. The predicted molar refractivity (Wildman–Crippen MR) is 59.9 cm³/mol. The maximum Gasteiger partial charge on any atom is 0.237 e. The number of nitrogens with two attached hydrogens (primary N) is 1. The summed E-state index contributed by atoms with van der Waals surface area (Å²) in [5.74, 6) is 0.179. The molecule has 0 heterocycles. The number of rotatable bonds is 5. The lowest BCUT2D eigenvalue weighted by Crippen LogP contribution is -2.44. The van der Waals surface area contributed by atoms with Gasteiger partial charge in [0.05, 0.1) is 6.04 Å². The van der Waals surface area contributed by atoms with Crippen LogP contribution in [-0.4, -0.2) is 18.5 Å². The molecule has 0 aliphatic rings. The van der Waals surface area contributed by atoms with Gasteiger partial charge in [-0.05, 0) is 19.8 Å². The SMILES string of the molecule is CCC(C)[C@H](N)C(=O)NCC=C(C)C. The Hall–Kier alpha value is -0.830. The Morgan fingerprint density at radius 1 is 1.50 bits per heavy atom. The zero-order valence-electron chi connectivity index (χ0n) is 9.63. The molecule has 1 unspecified atom stereocenters. The van der Waals surface area contributed by atoms with E-state index in [1.54, 1.807) is 0 Å². The lowest BCUT2D eigenvalue weighted by molar-refractivity contribution is -0.123. The van der Waals surface area contributed by atoms with Gasteiger partial charge in [0, 0.05) is 6.54 Å². The van der Waals surface area contributed by atoms with Gasteiger partial charge in [-0.25, -0.2) is 0 Å². The zero-order chi connectivity index (χ0) is 11.1. The molecule has 14 heavy (non-hydrogen) atoms. The molecule has 3 heteroatoms. The Morgan fingerprint density at radius 3 is 2.50 bits per heavy atom. The second-order valence-corrected chi connectivity index (χ2v) is 3.94. The first kappa shape index (κ1) is 13.2. The summed E-state index contributed by atoms with van der Waals surface area (Å²) < 4.78 is 0. The highest BCUT2D eigenvalue weighted by Gasteiger charge is 2.18. The van der Waals surface area contributed by atoms with E-state index in [0.29, 0.717) is 6.54 Å². The molecule has 3 N–H and O–H groups in total. The van der Waals surface area contributed by atoms with E-state index < -0.39 is 0 Å². The molecule has 0 saturated heterocycles. The minimum absolute atomic E-state index is 0.0585. The van der Waals surface area contributed by atoms with Crippen molar-refractivity contribution in [2.75, 3.05) is 6.54 Å². The molecule has 0 saturated carbocycles. The molecule has 2 atom stereocenters. The number of amides is 1. The van der Waals surface area contributed by atoms with Crippen LogP contribution in [0, 0.1) is 5.92 Å². The van der Waals surface area contributed by atoms with Crippen LogP contribution in [0.25, 0.3) is 0 Å². The van der Waals surface area contributed by atoms with Crippen molar-refractivity contribution in [3.63, 3.8) is 0 Å². The first-order valence-corrected chi connectivity index (χ1v) is 5.15. The summed E-state index contributed by atoms with van der Waals surface area (Å²) in [6.45, 7) is 8.60. The van der Waals surface area contributed by atoms with Crippen molar-refractivity contribution in [2.45, 2.75) is 40.2 Å². The number of carbonyl (C=O) groups excluding carboxylic acids is 1. The Morgan fingerprint density at radius 2 is 2.07 bits per heavy atom. The quantitative estimate of drug-likeness (QED) is 0.657. The minimum atomic E-state index is -0.384. The smallest absolute Gasteiger partial charge is 0.237 e. The van der Waals surface area contributed by atoms with Crippen LogP contribution in [0.15, 0.2) is 11.6 Å². The van der Waals surface area contributed by atoms with Crippen LogP contribution in [0.4, 0.5) is 0 Å². The molecular weight excluding hydrogens is 176 g/mol. The van der Waals surface area contributed by atoms with Crippen molar-refractivity contribution in [2.24, 2.45) is 11.7 Å². The molecule has 0 bridgehead atoms. The van der Waals surface area contributed by atoms with Gasteiger partial charge >= 0.3 is 0 Å². The van der Waals surface area contributed by atoms with Crippen LogP contribution in [0.5, 0.6) is 0 Å². The molecule has 0 aliphatic carbocycles. The monoisotopic (exact) mass is 198 g/mol. The van der Waals surface area contributed by atoms with Gasteiger partial charge in [-0.1, -0.05) is 31.9 Å². The van der Waals surface area contributed by atoms with E-state index in [2.05, 4.69) is 5.32 Å². The third-order valence-electron chi connectivity index (χ3n) is 2.35. The van der Waals surface area contributed by atoms with Crippen molar-refractivity contribution >= 4 is 5.91 Å². The third kappa shape index (κ3) is 5.02. The van der Waals surface area contributed by atoms with E-state index in [-0.39, 0.29) is 17.9 Å². The summed E-state index contributed by atoms with van der Waals surface area (Å²) in [7, 11) is 0. The van der Waals surface area contributed by atoms with E-state index in [0.717, 1.165) is 6.42 Å². The summed E-state index contributed by atoms with van der Waals surface area (Å²) in [6.07, 6.45) is 2.90. The fourth-order valence-corrected chi connectivity index (χ4v) is 0.986. The van der Waals surface area contributed by atoms with Crippen LogP contribution >= 0.6 is 0 Å². The molecule has 3 nitrogen and oxygen atoms in total. The predicted octanol–water partition coefficient (Wildman–Crippen LogP) is 1.44. The topological polar surface area (TPSA) is 55.1 Å². The van der Waals surface area contributed by atoms with Crippen LogP contribution < -0.4 is 11.1 Å². The molecule has 0 aromatic rings. The minimum Gasteiger partial charge on any atom is -0.351 e. The maximum absolute atomic E-state index is 11.5. The standard InChI is InChI=1S/C11H22N2O/c1-5-9(4)10(12)11(14)13-7-6-8(2)3/h6,9-10H,5,7,12H2,1-4H3,(H,13,14)/t9?,10-/m0/s1. The summed E-state index contributed by atoms with van der Waals surface area (Å²) in [4.78, 5) is 11.5. The number of allylic oxidation sites excluding steroid dienone is 1. The summed E-state index contributed by atoms with van der Waals surface area (Å²) in [6, 6.07) is -0.384. The van der Waals surface area contributed by atoms with Gasteiger partial charge in [0.1, 0.15) is 0 Å². The molecule has 1 amide bonds.